The summed E-state index contributed by atoms with van der Waals surface area (Å²) in [5.41, 5.74) is 2.65. The maximum Gasteiger partial charge on any atom is 0.586 e. The Hall–Kier alpha value is -3.13. The average molecular weight is 444 g/mol. The minimum Gasteiger partial charge on any atom is -0.395 e. The van der Waals surface area contributed by atoms with Crippen LogP contribution < -0.4 is 14.8 Å². The molecule has 2 aliphatic rings. The number of nitrogens with one attached hydrogen (secondary N) is 1. The zero-order valence-corrected chi connectivity index (χ0v) is 17.8. The lowest BCUT2D eigenvalue weighted by Gasteiger charge is -2.16. The van der Waals surface area contributed by atoms with Crippen LogP contribution in [0.15, 0.2) is 42.5 Å². The van der Waals surface area contributed by atoms with E-state index in [1.807, 2.05) is 18.2 Å². The van der Waals surface area contributed by atoms with Crippen molar-refractivity contribution in [2.45, 2.75) is 50.9 Å². The first-order valence-corrected chi connectivity index (χ1v) is 10.7. The minimum atomic E-state index is -3.68. The number of carbonyl (C=O) groups is 1. The molecule has 0 atom stereocenters. The van der Waals surface area contributed by atoms with E-state index in [9.17, 15) is 18.7 Å². The Morgan fingerprint density at radius 3 is 2.59 bits per heavy atom. The largest absolute Gasteiger partial charge is 0.586 e. The van der Waals surface area contributed by atoms with Gasteiger partial charge >= 0.3 is 6.29 Å². The van der Waals surface area contributed by atoms with Crippen molar-refractivity contribution < 1.29 is 29.6 Å². The second-order valence-corrected chi connectivity index (χ2v) is 8.74. The van der Waals surface area contributed by atoms with Crippen LogP contribution in [0.1, 0.15) is 45.3 Å². The second-order valence-electron chi connectivity index (χ2n) is 8.74. The standard InChI is InChI=1S/C24H24F2N2O4.H2/c1-14(2)19-12-15-11-17(4-5-18(15)28(19)9-10-29)27-22(30)23(7-8-23)16-3-6-20-21(13-16)32-24(25,26)31-20;/h3-6,11-14,29H,7-10H2,1-2H3,(H,27,30);1H. The molecule has 1 fully saturated rings. The van der Waals surface area contributed by atoms with Crippen LogP contribution >= 0.6 is 0 Å². The van der Waals surface area contributed by atoms with E-state index < -0.39 is 11.7 Å². The molecule has 1 saturated carbocycles. The van der Waals surface area contributed by atoms with Crippen molar-refractivity contribution in [3.05, 3.63) is 53.7 Å². The number of anilines is 1. The summed E-state index contributed by atoms with van der Waals surface area (Å²) in [6.45, 7) is 4.76. The van der Waals surface area contributed by atoms with Crippen LogP contribution in [-0.2, 0) is 16.8 Å². The Kier molecular flexibility index (Phi) is 4.67. The van der Waals surface area contributed by atoms with Crippen LogP contribution in [0.2, 0.25) is 0 Å². The fraction of sp³-hybridized carbons (Fsp3) is 0.375. The molecule has 1 aliphatic heterocycles. The number of alkyl halides is 2. The van der Waals surface area contributed by atoms with Crippen LogP contribution in [0, 0.1) is 0 Å². The highest BCUT2D eigenvalue weighted by Gasteiger charge is 2.52. The normalized spacial score (nSPS) is 17.7. The molecule has 2 N–H and O–H groups in total. The summed E-state index contributed by atoms with van der Waals surface area (Å²) >= 11 is 0. The van der Waals surface area contributed by atoms with Crippen molar-refractivity contribution >= 4 is 22.5 Å². The van der Waals surface area contributed by atoms with Crippen LogP contribution in [0.3, 0.4) is 0 Å². The first kappa shape index (κ1) is 20.8. The fourth-order valence-corrected chi connectivity index (χ4v) is 4.47. The van der Waals surface area contributed by atoms with Crippen LogP contribution in [0.5, 0.6) is 11.5 Å². The molecule has 1 aliphatic carbocycles. The van der Waals surface area contributed by atoms with E-state index in [0.717, 1.165) is 16.6 Å². The number of hydrogen-bond donors (Lipinski definition) is 2. The maximum absolute atomic E-state index is 13.3. The molecule has 6 nitrogen and oxygen atoms in total. The summed E-state index contributed by atoms with van der Waals surface area (Å²) in [5, 5.41) is 13.4. The van der Waals surface area contributed by atoms with Crippen molar-refractivity contribution in [1.82, 2.24) is 4.57 Å². The van der Waals surface area contributed by atoms with Crippen molar-refractivity contribution in [1.29, 1.82) is 0 Å². The maximum atomic E-state index is 13.3. The summed E-state index contributed by atoms with van der Waals surface area (Å²) in [4.78, 5) is 13.2. The highest BCUT2D eigenvalue weighted by Crippen LogP contribution is 2.52. The van der Waals surface area contributed by atoms with Crippen molar-refractivity contribution in [3.8, 4) is 11.5 Å². The number of aromatic nitrogens is 1. The molecule has 1 aromatic heterocycles. The third kappa shape index (κ3) is 3.39. The topological polar surface area (TPSA) is 72.7 Å². The van der Waals surface area contributed by atoms with Gasteiger partial charge in [-0.05, 0) is 60.7 Å². The van der Waals surface area contributed by atoms with E-state index >= 15 is 0 Å². The lowest BCUT2D eigenvalue weighted by Crippen LogP contribution is -2.27. The van der Waals surface area contributed by atoms with Crippen LogP contribution in [0.4, 0.5) is 14.5 Å². The fourth-order valence-electron chi connectivity index (χ4n) is 4.47. The lowest BCUT2D eigenvalue weighted by atomic mass is 9.94. The Morgan fingerprint density at radius 2 is 1.91 bits per heavy atom. The number of amides is 1. The van der Waals surface area contributed by atoms with Gasteiger partial charge in [0.25, 0.3) is 0 Å². The number of rotatable bonds is 6. The number of carbonyl (C=O) groups excluding carboxylic acids is 1. The summed E-state index contributed by atoms with van der Waals surface area (Å²) in [7, 11) is 0. The van der Waals surface area contributed by atoms with E-state index in [1.165, 1.54) is 12.1 Å². The van der Waals surface area contributed by atoms with E-state index in [4.69, 9.17) is 0 Å². The first-order valence-electron chi connectivity index (χ1n) is 10.7. The van der Waals surface area contributed by atoms with Gasteiger partial charge in [0.2, 0.25) is 5.91 Å². The van der Waals surface area contributed by atoms with Gasteiger partial charge < -0.3 is 24.5 Å². The molecule has 2 heterocycles. The van der Waals surface area contributed by atoms with E-state index in [-0.39, 0.29) is 25.4 Å². The molecule has 3 aromatic rings. The third-order valence-electron chi connectivity index (χ3n) is 6.24. The molecule has 0 radical (unpaired) electrons. The minimum absolute atomic E-state index is 0. The van der Waals surface area contributed by atoms with Gasteiger partial charge in [-0.2, -0.15) is 0 Å². The summed E-state index contributed by atoms with van der Waals surface area (Å²) in [6.07, 6.45) is -2.43. The number of nitrogens with zero attached hydrogens (tertiary/aromatic N) is 1. The number of ether oxygens (including phenoxy) is 2. The predicted molar refractivity (Wildman–Crippen MR) is 117 cm³/mol. The van der Waals surface area contributed by atoms with E-state index in [2.05, 4.69) is 39.3 Å². The molecule has 0 spiro atoms. The predicted octanol–water partition coefficient (Wildman–Crippen LogP) is 4.99. The zero-order valence-electron chi connectivity index (χ0n) is 17.8. The first-order chi connectivity index (χ1) is 15.2. The summed E-state index contributed by atoms with van der Waals surface area (Å²) in [6, 6.07) is 12.3. The van der Waals surface area contributed by atoms with Gasteiger partial charge in [-0.15, -0.1) is 8.78 Å². The van der Waals surface area contributed by atoms with Crippen molar-refractivity contribution in [3.63, 3.8) is 0 Å². The highest BCUT2D eigenvalue weighted by molar-refractivity contribution is 6.02. The molecular weight excluding hydrogens is 418 g/mol. The van der Waals surface area contributed by atoms with Gasteiger partial charge in [-0.3, -0.25) is 4.79 Å². The van der Waals surface area contributed by atoms with Gasteiger partial charge in [0, 0.05) is 30.3 Å². The number of halogens is 2. The Morgan fingerprint density at radius 1 is 1.16 bits per heavy atom. The number of aliphatic hydroxyl groups excluding tert-OH is 1. The summed E-state index contributed by atoms with van der Waals surface area (Å²) in [5.74, 6) is 0.0228. The number of fused-ring (bicyclic) bond motifs is 2. The smallest absolute Gasteiger partial charge is 0.395 e. The molecule has 8 heteroatoms. The Labute approximate surface area is 185 Å². The lowest BCUT2D eigenvalue weighted by molar-refractivity contribution is -0.286. The molecule has 0 bridgehead atoms. The van der Waals surface area contributed by atoms with Gasteiger partial charge in [0.05, 0.1) is 12.0 Å². The monoisotopic (exact) mass is 444 g/mol. The van der Waals surface area contributed by atoms with Gasteiger partial charge in [0.15, 0.2) is 11.5 Å². The Bertz CT molecular complexity index is 1220. The molecule has 5 rings (SSSR count). The molecule has 0 saturated heterocycles. The second kappa shape index (κ2) is 7.20. The van der Waals surface area contributed by atoms with Gasteiger partial charge in [-0.25, -0.2) is 0 Å². The third-order valence-corrected chi connectivity index (χ3v) is 6.24. The number of aliphatic hydroxyl groups is 1. The molecule has 32 heavy (non-hydrogen) atoms. The van der Waals surface area contributed by atoms with Gasteiger partial charge in [-0.1, -0.05) is 19.9 Å². The van der Waals surface area contributed by atoms with Crippen molar-refractivity contribution in [2.24, 2.45) is 0 Å². The van der Waals surface area contributed by atoms with Gasteiger partial charge in [0.1, 0.15) is 0 Å². The van der Waals surface area contributed by atoms with Crippen molar-refractivity contribution in [2.75, 3.05) is 11.9 Å². The number of hydrogen-bond acceptors (Lipinski definition) is 4. The van der Waals surface area contributed by atoms with Crippen LogP contribution in [0.25, 0.3) is 10.9 Å². The summed E-state index contributed by atoms with van der Waals surface area (Å²) < 4.78 is 37.8. The molecule has 2 aromatic carbocycles. The Balaban J connectivity index is 0.00000259. The molecule has 170 valence electrons. The molecular formula is C24H26F2N2O4. The van der Waals surface area contributed by atoms with E-state index in [0.29, 0.717) is 36.6 Å². The zero-order chi connectivity index (χ0) is 22.7. The highest BCUT2D eigenvalue weighted by atomic mass is 19.3. The van der Waals surface area contributed by atoms with E-state index in [1.54, 1.807) is 6.07 Å². The average Bonchev–Trinajstić information content (AvgIpc) is 3.38. The molecule has 0 unspecified atom stereocenters. The van der Waals surface area contributed by atoms with Crippen LogP contribution in [-0.4, -0.2) is 28.5 Å². The molecule has 1 amide bonds. The number of benzene rings is 2. The quantitative estimate of drug-likeness (QED) is 0.562. The SMILES string of the molecule is CC(C)c1cc2cc(NC(=O)C3(c4ccc5c(c4)OC(F)(F)O5)CC3)ccc2n1CCO.[HH].